The standard InChI is InChI=1S/C17H25N5O/c1-12-8-13(2)22-15(9-18-16(22)19-12)10-21-7-6-20(14(3)23)11-17(21,4)5/h8-9H,6-7,10-11H2,1-5H3. The van der Waals surface area contributed by atoms with Crippen LogP contribution in [0.5, 0.6) is 0 Å². The predicted octanol–water partition coefficient (Wildman–Crippen LogP) is 1.79. The second-order valence-electron chi connectivity index (χ2n) is 7.10. The van der Waals surface area contributed by atoms with Gasteiger partial charge in [0.15, 0.2) is 0 Å². The Morgan fingerprint density at radius 1 is 1.30 bits per heavy atom. The number of hydrogen-bond donors (Lipinski definition) is 0. The van der Waals surface area contributed by atoms with Crippen LogP contribution in [0.4, 0.5) is 0 Å². The maximum absolute atomic E-state index is 11.6. The van der Waals surface area contributed by atoms with E-state index in [9.17, 15) is 4.79 Å². The van der Waals surface area contributed by atoms with Gasteiger partial charge in [-0.1, -0.05) is 0 Å². The van der Waals surface area contributed by atoms with Gasteiger partial charge in [-0.15, -0.1) is 0 Å². The number of piperazine rings is 1. The normalized spacial score (nSPS) is 18.6. The van der Waals surface area contributed by atoms with Crippen molar-refractivity contribution in [1.29, 1.82) is 0 Å². The van der Waals surface area contributed by atoms with Crippen LogP contribution >= 0.6 is 0 Å². The highest BCUT2D eigenvalue weighted by Crippen LogP contribution is 2.24. The van der Waals surface area contributed by atoms with E-state index in [0.29, 0.717) is 0 Å². The number of aromatic nitrogens is 3. The smallest absolute Gasteiger partial charge is 0.234 e. The molecular formula is C17H25N5O. The molecule has 6 heteroatoms. The Hall–Kier alpha value is -1.95. The summed E-state index contributed by atoms with van der Waals surface area (Å²) in [6.07, 6.45) is 1.92. The molecule has 6 nitrogen and oxygen atoms in total. The molecule has 2 aromatic rings. The quantitative estimate of drug-likeness (QED) is 0.848. The van der Waals surface area contributed by atoms with Crippen LogP contribution < -0.4 is 0 Å². The number of hydrogen-bond acceptors (Lipinski definition) is 4. The first kappa shape index (κ1) is 15.9. The van der Waals surface area contributed by atoms with Crippen molar-refractivity contribution in [2.45, 2.75) is 46.7 Å². The maximum atomic E-state index is 11.6. The van der Waals surface area contributed by atoms with Crippen LogP contribution in [0.25, 0.3) is 5.78 Å². The summed E-state index contributed by atoms with van der Waals surface area (Å²) in [6.45, 7) is 13.3. The zero-order valence-electron chi connectivity index (χ0n) is 14.6. The summed E-state index contributed by atoms with van der Waals surface area (Å²) in [6, 6.07) is 2.08. The summed E-state index contributed by atoms with van der Waals surface area (Å²) in [4.78, 5) is 25.0. The maximum Gasteiger partial charge on any atom is 0.234 e. The molecule has 3 heterocycles. The predicted molar refractivity (Wildman–Crippen MR) is 89.2 cm³/mol. The van der Waals surface area contributed by atoms with Crippen molar-refractivity contribution >= 4 is 11.7 Å². The van der Waals surface area contributed by atoms with Crippen LogP contribution in [0, 0.1) is 13.8 Å². The minimum atomic E-state index is -0.0555. The first-order valence-electron chi connectivity index (χ1n) is 8.09. The number of amides is 1. The molecule has 1 saturated heterocycles. The van der Waals surface area contributed by atoms with Gasteiger partial charge in [0, 0.05) is 50.0 Å². The van der Waals surface area contributed by atoms with Crippen LogP contribution in [0.2, 0.25) is 0 Å². The van der Waals surface area contributed by atoms with E-state index in [-0.39, 0.29) is 11.4 Å². The van der Waals surface area contributed by atoms with E-state index in [1.54, 1.807) is 6.92 Å². The van der Waals surface area contributed by atoms with Gasteiger partial charge in [-0.2, -0.15) is 0 Å². The number of carbonyl (C=O) groups excluding carboxylic acids is 1. The van der Waals surface area contributed by atoms with E-state index < -0.39 is 0 Å². The fraction of sp³-hybridized carbons (Fsp3) is 0.588. The Morgan fingerprint density at radius 2 is 2.04 bits per heavy atom. The summed E-state index contributed by atoms with van der Waals surface area (Å²) >= 11 is 0. The average Bonchev–Trinajstić information content (AvgIpc) is 2.83. The monoisotopic (exact) mass is 315 g/mol. The Kier molecular flexibility index (Phi) is 3.88. The highest BCUT2D eigenvalue weighted by molar-refractivity contribution is 5.73. The molecule has 1 aliphatic heterocycles. The van der Waals surface area contributed by atoms with E-state index in [1.807, 2.05) is 18.0 Å². The molecule has 124 valence electrons. The largest absolute Gasteiger partial charge is 0.340 e. The lowest BCUT2D eigenvalue weighted by Crippen LogP contribution is -2.59. The lowest BCUT2D eigenvalue weighted by molar-refractivity contribution is -0.134. The number of carbonyl (C=O) groups is 1. The third kappa shape index (κ3) is 2.95. The van der Waals surface area contributed by atoms with E-state index in [1.165, 1.54) is 0 Å². The van der Waals surface area contributed by atoms with Gasteiger partial charge in [0.2, 0.25) is 11.7 Å². The number of rotatable bonds is 2. The number of imidazole rings is 1. The van der Waals surface area contributed by atoms with Gasteiger partial charge >= 0.3 is 0 Å². The molecular weight excluding hydrogens is 290 g/mol. The Balaban J connectivity index is 1.86. The molecule has 0 aliphatic carbocycles. The molecule has 0 aromatic carbocycles. The third-order valence-electron chi connectivity index (χ3n) is 4.73. The van der Waals surface area contributed by atoms with Crippen molar-refractivity contribution < 1.29 is 4.79 Å². The Bertz CT molecular complexity index is 749. The molecule has 1 fully saturated rings. The average molecular weight is 315 g/mol. The van der Waals surface area contributed by atoms with E-state index >= 15 is 0 Å². The molecule has 0 bridgehead atoms. The summed E-state index contributed by atoms with van der Waals surface area (Å²) < 4.78 is 2.13. The SMILES string of the molecule is CC(=O)N1CCN(Cc2cnc3nc(C)cc(C)n23)C(C)(C)C1. The van der Waals surface area contributed by atoms with E-state index in [4.69, 9.17) is 0 Å². The van der Waals surface area contributed by atoms with Gasteiger partial charge < -0.3 is 4.90 Å². The molecule has 23 heavy (non-hydrogen) atoms. The molecule has 1 amide bonds. The Labute approximate surface area is 137 Å². The van der Waals surface area contributed by atoms with Crippen molar-refractivity contribution in [3.05, 3.63) is 29.3 Å². The van der Waals surface area contributed by atoms with Crippen LogP contribution in [0.3, 0.4) is 0 Å². The highest BCUT2D eigenvalue weighted by atomic mass is 16.2. The van der Waals surface area contributed by atoms with Crippen LogP contribution in [-0.2, 0) is 11.3 Å². The second-order valence-corrected chi connectivity index (χ2v) is 7.10. The molecule has 0 atom stereocenters. The van der Waals surface area contributed by atoms with Gasteiger partial charge in [-0.25, -0.2) is 9.97 Å². The molecule has 0 N–H and O–H groups in total. The minimum absolute atomic E-state index is 0.0555. The van der Waals surface area contributed by atoms with Crippen molar-refractivity contribution in [2.24, 2.45) is 0 Å². The Morgan fingerprint density at radius 3 is 2.70 bits per heavy atom. The summed E-state index contributed by atoms with van der Waals surface area (Å²) in [5, 5.41) is 0. The van der Waals surface area contributed by atoms with Crippen molar-refractivity contribution in [2.75, 3.05) is 19.6 Å². The van der Waals surface area contributed by atoms with Gasteiger partial charge in [0.1, 0.15) is 0 Å². The first-order chi connectivity index (χ1) is 10.8. The summed E-state index contributed by atoms with van der Waals surface area (Å²) in [7, 11) is 0. The lowest BCUT2D eigenvalue weighted by atomic mass is 9.98. The van der Waals surface area contributed by atoms with Crippen molar-refractivity contribution in [3.63, 3.8) is 0 Å². The van der Waals surface area contributed by atoms with Gasteiger partial charge in [0.25, 0.3) is 0 Å². The van der Waals surface area contributed by atoms with Gasteiger partial charge in [-0.3, -0.25) is 14.1 Å². The fourth-order valence-corrected chi connectivity index (χ4v) is 3.46. The first-order valence-corrected chi connectivity index (χ1v) is 8.09. The van der Waals surface area contributed by atoms with Crippen LogP contribution in [0.15, 0.2) is 12.3 Å². The minimum Gasteiger partial charge on any atom is -0.340 e. The number of fused-ring (bicyclic) bond motifs is 1. The fourth-order valence-electron chi connectivity index (χ4n) is 3.46. The van der Waals surface area contributed by atoms with E-state index in [2.05, 4.69) is 46.1 Å². The van der Waals surface area contributed by atoms with Crippen LogP contribution in [-0.4, -0.2) is 55.2 Å². The topological polar surface area (TPSA) is 53.7 Å². The van der Waals surface area contributed by atoms with Crippen molar-refractivity contribution in [3.8, 4) is 0 Å². The number of aryl methyl sites for hydroxylation is 2. The van der Waals surface area contributed by atoms with E-state index in [0.717, 1.165) is 49.0 Å². The highest BCUT2D eigenvalue weighted by Gasteiger charge is 2.35. The molecule has 0 unspecified atom stereocenters. The zero-order chi connectivity index (χ0) is 16.8. The summed E-state index contributed by atoms with van der Waals surface area (Å²) in [5.41, 5.74) is 3.23. The van der Waals surface area contributed by atoms with Crippen LogP contribution in [0.1, 0.15) is 37.9 Å². The van der Waals surface area contributed by atoms with Gasteiger partial charge in [-0.05, 0) is 33.8 Å². The van der Waals surface area contributed by atoms with Crippen molar-refractivity contribution in [1.82, 2.24) is 24.2 Å². The summed E-state index contributed by atoms with van der Waals surface area (Å²) in [5.74, 6) is 0.917. The zero-order valence-corrected chi connectivity index (χ0v) is 14.6. The second kappa shape index (κ2) is 5.60. The third-order valence-corrected chi connectivity index (χ3v) is 4.73. The molecule has 0 spiro atoms. The molecule has 0 saturated carbocycles. The molecule has 2 aromatic heterocycles. The molecule has 3 rings (SSSR count). The molecule has 0 radical (unpaired) electrons. The lowest BCUT2D eigenvalue weighted by Gasteiger charge is -2.46. The molecule has 1 aliphatic rings. The van der Waals surface area contributed by atoms with Gasteiger partial charge in [0.05, 0.1) is 11.9 Å². The number of nitrogens with zero attached hydrogens (tertiary/aromatic N) is 5.